The molecule has 11 heteroatoms. The molecule has 3 aliphatic heterocycles. The lowest BCUT2D eigenvalue weighted by Gasteiger charge is -2.44. The number of nitrogens with zero attached hydrogens (tertiary/aromatic N) is 2. The summed E-state index contributed by atoms with van der Waals surface area (Å²) in [7, 11) is 0. The predicted molar refractivity (Wildman–Crippen MR) is 149 cm³/mol. The van der Waals surface area contributed by atoms with E-state index >= 15 is 0 Å². The van der Waals surface area contributed by atoms with E-state index in [4.69, 9.17) is 9.47 Å². The van der Waals surface area contributed by atoms with Crippen LogP contribution in [0.15, 0.2) is 6.07 Å². The van der Waals surface area contributed by atoms with Crippen molar-refractivity contribution < 1.29 is 28.7 Å². The predicted octanol–water partition coefficient (Wildman–Crippen LogP) is 3.80. The van der Waals surface area contributed by atoms with Crippen LogP contribution in [0.1, 0.15) is 81.5 Å². The van der Waals surface area contributed by atoms with Gasteiger partial charge in [0.2, 0.25) is 0 Å². The number of rotatable bonds is 8. The summed E-state index contributed by atoms with van der Waals surface area (Å²) in [5.74, 6) is -0.462. The number of carbonyl (C=O) groups is 4. The summed E-state index contributed by atoms with van der Waals surface area (Å²) in [6.07, 6.45) is 4.93. The van der Waals surface area contributed by atoms with Crippen LogP contribution in [-0.4, -0.2) is 84.7 Å². The Hall–Kier alpha value is -2.66. The second-order valence-corrected chi connectivity index (χ2v) is 12.6. The van der Waals surface area contributed by atoms with Gasteiger partial charge in [-0.3, -0.25) is 24.6 Å². The second-order valence-electron chi connectivity index (χ2n) is 11.4. The first kappa shape index (κ1) is 29.3. The third-order valence-corrected chi connectivity index (χ3v) is 9.01. The van der Waals surface area contributed by atoms with Crippen molar-refractivity contribution in [1.29, 1.82) is 0 Å². The molecule has 0 radical (unpaired) electrons. The van der Waals surface area contributed by atoms with Crippen LogP contribution in [0.5, 0.6) is 0 Å². The van der Waals surface area contributed by atoms with E-state index in [2.05, 4.69) is 15.5 Å². The molecule has 3 saturated heterocycles. The van der Waals surface area contributed by atoms with E-state index in [9.17, 15) is 19.2 Å². The fourth-order valence-electron chi connectivity index (χ4n) is 6.26. The van der Waals surface area contributed by atoms with Gasteiger partial charge in [0.15, 0.2) is 0 Å². The molecule has 0 saturated carbocycles. The fourth-order valence-corrected chi connectivity index (χ4v) is 7.30. The van der Waals surface area contributed by atoms with Crippen molar-refractivity contribution in [3.05, 3.63) is 16.5 Å². The number of nitrogens with one attached hydrogen (secondary N) is 2. The molecule has 39 heavy (non-hydrogen) atoms. The molecule has 1 spiro atoms. The van der Waals surface area contributed by atoms with Crippen LogP contribution in [0.2, 0.25) is 0 Å². The van der Waals surface area contributed by atoms with Gasteiger partial charge in [0.1, 0.15) is 10.6 Å². The van der Waals surface area contributed by atoms with Crippen molar-refractivity contribution in [2.45, 2.75) is 84.3 Å². The van der Waals surface area contributed by atoms with Gasteiger partial charge in [-0.25, -0.2) is 4.79 Å². The molecule has 3 aliphatic rings. The minimum Gasteiger partial charge on any atom is -0.466 e. The van der Waals surface area contributed by atoms with Crippen LogP contribution < -0.4 is 10.6 Å². The van der Waals surface area contributed by atoms with E-state index in [0.717, 1.165) is 50.1 Å². The van der Waals surface area contributed by atoms with E-state index < -0.39 is 11.0 Å². The number of thiophene rings is 1. The minimum atomic E-state index is -0.412. The molecule has 1 unspecified atom stereocenters. The molecule has 10 nitrogen and oxygen atoms in total. The fraction of sp³-hybridized carbons (Fsp3) is 0.714. The third-order valence-electron chi connectivity index (χ3n) is 7.90. The average Bonchev–Trinajstić information content (AvgIpc) is 3.38. The summed E-state index contributed by atoms with van der Waals surface area (Å²) in [5.41, 5.74) is -0.368. The number of aryl methyl sites for hydroxylation is 1. The zero-order valence-electron chi connectivity index (χ0n) is 23.6. The van der Waals surface area contributed by atoms with Crippen LogP contribution >= 0.6 is 11.3 Å². The molecule has 3 amide bonds. The second kappa shape index (κ2) is 12.2. The Morgan fingerprint density at radius 2 is 1.92 bits per heavy atom. The lowest BCUT2D eigenvalue weighted by molar-refractivity contribution is -0.154. The summed E-state index contributed by atoms with van der Waals surface area (Å²) < 4.78 is 10.7. The quantitative estimate of drug-likeness (QED) is 0.463. The summed E-state index contributed by atoms with van der Waals surface area (Å²) in [4.78, 5) is 55.6. The Labute approximate surface area is 234 Å². The normalized spacial score (nSPS) is 23.5. The highest BCUT2D eigenvalue weighted by atomic mass is 32.1. The van der Waals surface area contributed by atoms with Crippen molar-refractivity contribution in [3.8, 4) is 0 Å². The lowest BCUT2D eigenvalue weighted by Crippen LogP contribution is -2.53. The first-order valence-corrected chi connectivity index (χ1v) is 15.0. The smallest absolute Gasteiger partial charge is 0.319 e. The number of ether oxygens (including phenoxy) is 2. The first-order valence-electron chi connectivity index (χ1n) is 14.2. The van der Waals surface area contributed by atoms with Gasteiger partial charge >= 0.3 is 18.0 Å². The molecule has 0 bridgehead atoms. The van der Waals surface area contributed by atoms with Gasteiger partial charge < -0.3 is 19.7 Å². The molecular formula is C28H42N4O6S. The van der Waals surface area contributed by atoms with E-state index in [1.807, 2.05) is 25.7 Å². The zero-order chi connectivity index (χ0) is 28.2. The largest absolute Gasteiger partial charge is 0.466 e. The average molecular weight is 563 g/mol. The number of cyclic esters (lactones) is 1. The number of anilines is 1. The summed E-state index contributed by atoms with van der Waals surface area (Å²) in [6.45, 7) is 11.3. The molecule has 4 heterocycles. The van der Waals surface area contributed by atoms with E-state index in [0.29, 0.717) is 49.3 Å². The van der Waals surface area contributed by atoms with Crippen molar-refractivity contribution in [2.24, 2.45) is 5.41 Å². The summed E-state index contributed by atoms with van der Waals surface area (Å²) >= 11 is 1.32. The van der Waals surface area contributed by atoms with Gasteiger partial charge in [0, 0.05) is 43.5 Å². The Balaban J connectivity index is 1.40. The van der Waals surface area contributed by atoms with Crippen molar-refractivity contribution in [1.82, 2.24) is 15.1 Å². The zero-order valence-corrected chi connectivity index (χ0v) is 24.4. The molecule has 1 aromatic rings. The number of hydrogen-bond acceptors (Lipinski definition) is 8. The summed E-state index contributed by atoms with van der Waals surface area (Å²) in [5, 5.41) is 6.02. The third kappa shape index (κ3) is 6.92. The molecule has 4 rings (SSSR count). The summed E-state index contributed by atoms with van der Waals surface area (Å²) in [6, 6.07) is 1.75. The molecule has 0 aromatic carbocycles. The highest BCUT2D eigenvalue weighted by molar-refractivity contribution is 7.16. The van der Waals surface area contributed by atoms with Gasteiger partial charge in [-0.05, 0) is 72.4 Å². The number of amides is 3. The van der Waals surface area contributed by atoms with Crippen LogP contribution in [-0.2, 0) is 25.5 Å². The highest BCUT2D eigenvalue weighted by Gasteiger charge is 2.54. The van der Waals surface area contributed by atoms with Crippen LogP contribution in [0.3, 0.4) is 0 Å². The van der Waals surface area contributed by atoms with E-state index in [1.54, 1.807) is 13.0 Å². The number of piperidine rings is 2. The first-order chi connectivity index (χ1) is 18.6. The van der Waals surface area contributed by atoms with Gasteiger partial charge in [0.05, 0.1) is 24.0 Å². The van der Waals surface area contributed by atoms with E-state index in [1.165, 1.54) is 11.3 Å². The molecule has 2 N–H and O–H groups in total. The van der Waals surface area contributed by atoms with Gasteiger partial charge in [-0.15, -0.1) is 11.3 Å². The highest BCUT2D eigenvalue weighted by Crippen LogP contribution is 2.46. The maximum Gasteiger partial charge on any atom is 0.319 e. The molecule has 216 valence electrons. The van der Waals surface area contributed by atoms with Crippen LogP contribution in [0.25, 0.3) is 0 Å². The Morgan fingerprint density at radius 3 is 2.56 bits per heavy atom. The van der Waals surface area contributed by atoms with Crippen LogP contribution in [0, 0.1) is 5.41 Å². The topological polar surface area (TPSA) is 117 Å². The van der Waals surface area contributed by atoms with Gasteiger partial charge in [-0.1, -0.05) is 0 Å². The Morgan fingerprint density at radius 1 is 1.18 bits per heavy atom. The molecule has 0 aliphatic carbocycles. The molecular weight excluding hydrogens is 520 g/mol. The van der Waals surface area contributed by atoms with Crippen molar-refractivity contribution in [3.63, 3.8) is 0 Å². The lowest BCUT2D eigenvalue weighted by atomic mass is 9.74. The number of urea groups is 1. The number of esters is 2. The van der Waals surface area contributed by atoms with Crippen molar-refractivity contribution >= 4 is 40.2 Å². The number of carbonyl (C=O) groups excluding carboxylic acids is 4. The maximum atomic E-state index is 13.6. The molecule has 1 atom stereocenters. The number of hydrogen-bond donors (Lipinski definition) is 2. The molecule has 3 fully saturated rings. The van der Waals surface area contributed by atoms with E-state index in [-0.39, 0.29) is 30.3 Å². The number of likely N-dealkylation sites (tertiary alicyclic amines) is 2. The standard InChI is InChI=1S/C28H42N4O6S/c1-5-29-26(36)30-23-21(16-20(39-23)8-9-22(33)37-6-2)24(34)31-14-10-19(11-15-31)32-13-7-12-28(18-32)17-27(3,4)38-25(28)35/h16,19H,5-15,17-18H2,1-4H3,(H2,29,30,36). The molecule has 1 aromatic heterocycles. The SMILES string of the molecule is CCNC(=O)Nc1sc(CCC(=O)OCC)cc1C(=O)N1CCC(N2CCCC3(C2)CC(C)(C)OC3=O)CC1. The maximum absolute atomic E-state index is 13.6. The van der Waals surface area contributed by atoms with Crippen molar-refractivity contribution in [2.75, 3.05) is 44.6 Å². The van der Waals surface area contributed by atoms with Crippen LogP contribution in [0.4, 0.5) is 9.80 Å². The Bertz CT molecular complexity index is 1080. The Kier molecular flexibility index (Phi) is 9.21. The minimum absolute atomic E-state index is 0.0619. The monoisotopic (exact) mass is 562 g/mol. The van der Waals surface area contributed by atoms with Gasteiger partial charge in [-0.2, -0.15) is 0 Å². The van der Waals surface area contributed by atoms with Gasteiger partial charge in [0.25, 0.3) is 5.91 Å².